The Labute approximate surface area is 56.2 Å². The zero-order valence-electron chi connectivity index (χ0n) is 2.12. The van der Waals surface area contributed by atoms with E-state index < -0.39 is 5.09 Å². The number of nitrogens with zero attached hydrogens (tertiary/aromatic N) is 1. The van der Waals surface area contributed by atoms with Crippen LogP contribution in [-0.2, 0) is 0 Å². The van der Waals surface area contributed by atoms with Gasteiger partial charge in [-0.3, -0.25) is 0 Å². The molecule has 0 aliphatic carbocycles. The third-order valence-electron chi connectivity index (χ3n) is 0. The second kappa shape index (κ2) is 8.98. The Morgan fingerprint density at radius 3 is 1.67 bits per heavy atom. The quantitative estimate of drug-likeness (QED) is 0.261. The predicted molar refractivity (Wildman–Crippen MR) is 24.6 cm³/mol. The van der Waals surface area contributed by atoms with Crippen LogP contribution in [0.3, 0.4) is 0 Å². The molecule has 0 aromatic rings. The van der Waals surface area contributed by atoms with E-state index in [1.807, 2.05) is 0 Å². The van der Waals surface area contributed by atoms with Crippen molar-refractivity contribution in [1.82, 2.24) is 0 Å². The molecule has 0 saturated carbocycles. The highest BCUT2D eigenvalue weighted by molar-refractivity contribution is 5.85. The zero-order chi connectivity index (χ0) is 3.58. The van der Waals surface area contributed by atoms with Gasteiger partial charge in [-0.15, -0.1) is 22.5 Å². The Bertz CT molecular complexity index is 33.8. The summed E-state index contributed by atoms with van der Waals surface area (Å²) in [5.41, 5.74) is 0. The summed E-state index contributed by atoms with van der Waals surface area (Å²) in [7, 11) is 0. The summed E-state index contributed by atoms with van der Waals surface area (Å²) in [5.74, 6) is 0. The Morgan fingerprint density at radius 2 is 1.67 bits per heavy atom. The van der Waals surface area contributed by atoms with Crippen LogP contribution in [0, 0.1) is 10.1 Å². The van der Waals surface area contributed by atoms with E-state index in [2.05, 4.69) is 0 Å². The minimum atomic E-state index is -1.50. The van der Waals surface area contributed by atoms with Gasteiger partial charge < -0.3 is 5.21 Å². The van der Waals surface area contributed by atoms with E-state index in [1.165, 1.54) is 0 Å². The number of halogens is 1. The maximum atomic E-state index is 8.36. The van der Waals surface area contributed by atoms with Crippen LogP contribution in [0.4, 0.5) is 0 Å². The molecular weight excluding hydrogens is 122 g/mol. The Morgan fingerprint density at radius 1 is 1.67 bits per heavy atom. The molecule has 0 fully saturated rings. The average molecular weight is 126 g/mol. The summed E-state index contributed by atoms with van der Waals surface area (Å²) in [4.78, 5) is 8.36. The van der Waals surface area contributed by atoms with Gasteiger partial charge in [-0.05, 0) is 0 Å². The van der Waals surface area contributed by atoms with E-state index in [1.54, 1.807) is 0 Å². The predicted octanol–water partition coefficient (Wildman–Crippen LogP) is -0.842. The summed E-state index contributed by atoms with van der Waals surface area (Å²) in [6.07, 6.45) is 0. The largest absolute Gasteiger partial charge is 0.328 e. The fraction of sp³-hybridized carbons (Fsp3) is 0. The van der Waals surface area contributed by atoms with E-state index in [0.29, 0.717) is 0 Å². The van der Waals surface area contributed by atoms with Crippen LogP contribution in [0.15, 0.2) is 0 Å². The summed E-state index contributed by atoms with van der Waals surface area (Å²) < 4.78 is 0. The first-order valence-electron chi connectivity index (χ1n) is 0.565. The molecule has 0 atom stereocenters. The molecule has 36 valence electrons. The van der Waals surface area contributed by atoms with Crippen LogP contribution in [0.25, 0.3) is 0 Å². The molecule has 0 heterocycles. The van der Waals surface area contributed by atoms with E-state index in [4.69, 9.17) is 15.3 Å². The number of hydrogen-bond donors (Lipinski definition) is 1. The second-order valence-electron chi connectivity index (χ2n) is 0.238. The summed E-state index contributed by atoms with van der Waals surface area (Å²) in [6, 6.07) is 0. The number of rotatable bonds is 0. The van der Waals surface area contributed by atoms with Crippen molar-refractivity contribution in [2.45, 2.75) is 0 Å². The third-order valence-corrected chi connectivity index (χ3v) is 0. The normalized spacial score (nSPS) is 4.00. The molecule has 0 aliphatic rings. The van der Waals surface area contributed by atoms with Crippen LogP contribution in [0.5, 0.6) is 0 Å². The van der Waals surface area contributed by atoms with Crippen LogP contribution in [0.2, 0.25) is 0 Å². The molecule has 0 amide bonds. The third kappa shape index (κ3) is 687. The average Bonchev–Trinajstić information content (AvgIpc) is 0.811. The molecule has 6 heavy (non-hydrogen) atoms. The fourth-order valence-corrected chi connectivity index (χ4v) is 0. The second-order valence-corrected chi connectivity index (χ2v) is 0.238. The smallest absolute Gasteiger partial charge is 0.316 e. The topological polar surface area (TPSA) is 63.4 Å². The van der Waals surface area contributed by atoms with Gasteiger partial charge in [0.2, 0.25) is 0 Å². The van der Waals surface area contributed by atoms with Crippen molar-refractivity contribution in [1.29, 1.82) is 0 Å². The lowest BCUT2D eigenvalue weighted by Crippen LogP contribution is -1.81. The lowest BCUT2D eigenvalue weighted by Gasteiger charge is -1.56. The lowest BCUT2D eigenvalue weighted by molar-refractivity contribution is -0.742. The van der Waals surface area contributed by atoms with Gasteiger partial charge in [0.25, 0.3) is 5.09 Å². The first kappa shape index (κ1) is 16.3. The van der Waals surface area contributed by atoms with E-state index in [0.717, 1.165) is 0 Å². The van der Waals surface area contributed by atoms with Crippen LogP contribution < -0.4 is 0 Å². The molecule has 0 aromatic carbocycles. The van der Waals surface area contributed by atoms with E-state index >= 15 is 0 Å². The van der Waals surface area contributed by atoms with Gasteiger partial charge in [-0.1, -0.05) is 0 Å². The molecule has 4 nitrogen and oxygen atoms in total. The first-order chi connectivity index (χ1) is 1.73. The number of hydrogen-bond acceptors (Lipinski definition) is 2. The Kier molecular flexibility index (Phi) is 24.4. The van der Waals surface area contributed by atoms with Gasteiger partial charge in [-0.25, -0.2) is 0 Å². The molecule has 0 spiro atoms. The summed E-state index contributed by atoms with van der Waals surface area (Å²) >= 11 is 0. The SMILES string of the molecule is Cl.O=[N+]([O-])O.[MgH2]. The maximum Gasteiger partial charge on any atom is 0.316 e. The van der Waals surface area contributed by atoms with Crippen LogP contribution >= 0.6 is 12.4 Å². The molecule has 0 aromatic heterocycles. The van der Waals surface area contributed by atoms with Crippen molar-refractivity contribution in [2.75, 3.05) is 0 Å². The van der Waals surface area contributed by atoms with Crippen molar-refractivity contribution in [2.24, 2.45) is 0 Å². The van der Waals surface area contributed by atoms with Crippen molar-refractivity contribution in [3.8, 4) is 0 Å². The van der Waals surface area contributed by atoms with Crippen molar-refractivity contribution >= 4 is 35.5 Å². The standard InChI is InChI=1S/ClH.Mg.HNO3.2H/c;;2-1(3)4;;/h1H;;(H,2,3,4);;. The molecule has 0 aliphatic heterocycles. The van der Waals surface area contributed by atoms with Gasteiger partial charge >= 0.3 is 23.1 Å². The molecule has 0 bridgehead atoms. The minimum Gasteiger partial charge on any atom is -0.328 e. The Balaban J connectivity index is -0.0000000450. The molecule has 0 radical (unpaired) electrons. The minimum absolute atomic E-state index is 0. The summed E-state index contributed by atoms with van der Waals surface area (Å²) in [6.45, 7) is 0. The monoisotopic (exact) mass is 125 g/mol. The lowest BCUT2D eigenvalue weighted by atomic mass is 13.1. The maximum absolute atomic E-state index is 8.36. The molecule has 0 unspecified atom stereocenters. The van der Waals surface area contributed by atoms with E-state index in [9.17, 15) is 0 Å². The van der Waals surface area contributed by atoms with Gasteiger partial charge in [0, 0.05) is 0 Å². The first-order valence-corrected chi connectivity index (χ1v) is 0.565. The van der Waals surface area contributed by atoms with Crippen LogP contribution in [-0.4, -0.2) is 33.3 Å². The van der Waals surface area contributed by atoms with Gasteiger partial charge in [0.15, 0.2) is 0 Å². The van der Waals surface area contributed by atoms with Crippen molar-refractivity contribution in [3.63, 3.8) is 0 Å². The fourth-order valence-electron chi connectivity index (χ4n) is 0. The Hall–Kier alpha value is 0.256. The van der Waals surface area contributed by atoms with Gasteiger partial charge in [-0.2, -0.15) is 0 Å². The van der Waals surface area contributed by atoms with Gasteiger partial charge in [0.05, 0.1) is 0 Å². The highest BCUT2D eigenvalue weighted by Gasteiger charge is 1.65. The molecule has 0 saturated heterocycles. The molecule has 1 N–H and O–H groups in total. The highest BCUT2D eigenvalue weighted by atomic mass is 35.5. The van der Waals surface area contributed by atoms with Crippen molar-refractivity contribution < 1.29 is 10.3 Å². The van der Waals surface area contributed by atoms with Crippen LogP contribution in [0.1, 0.15) is 0 Å². The van der Waals surface area contributed by atoms with Gasteiger partial charge in [0.1, 0.15) is 0 Å². The molecular formula is H4ClMgNO3. The van der Waals surface area contributed by atoms with E-state index in [-0.39, 0.29) is 35.5 Å². The molecule has 6 heteroatoms. The molecule has 0 rings (SSSR count). The summed E-state index contributed by atoms with van der Waals surface area (Å²) in [5, 5.41) is 13.6. The van der Waals surface area contributed by atoms with Crippen molar-refractivity contribution in [3.05, 3.63) is 10.1 Å². The highest BCUT2D eigenvalue weighted by Crippen LogP contribution is 1.38. The zero-order valence-corrected chi connectivity index (χ0v) is 2.94.